The number of nitrogens with zero attached hydrogens (tertiary/aromatic N) is 4. The average Bonchev–Trinajstić information content (AvgIpc) is 3.08. The summed E-state index contributed by atoms with van der Waals surface area (Å²) in [6.07, 6.45) is 0. The van der Waals surface area contributed by atoms with Gasteiger partial charge in [0.2, 0.25) is 5.91 Å². The van der Waals surface area contributed by atoms with Crippen LogP contribution in [-0.2, 0) is 11.8 Å². The van der Waals surface area contributed by atoms with E-state index in [1.165, 1.54) is 30.0 Å². The second-order valence-corrected chi connectivity index (χ2v) is 7.40. The summed E-state index contributed by atoms with van der Waals surface area (Å²) in [6, 6.07) is 11.6. The van der Waals surface area contributed by atoms with Crippen LogP contribution in [0.2, 0.25) is 5.02 Å². The Morgan fingerprint density at radius 3 is 2.80 bits per heavy atom. The Morgan fingerprint density at radius 2 is 2.07 bits per heavy atom. The average molecular weight is 448 g/mol. The van der Waals surface area contributed by atoms with Gasteiger partial charge in [-0.15, -0.1) is 10.2 Å². The zero-order valence-electron chi connectivity index (χ0n) is 16.2. The number of anilines is 1. The number of amides is 1. The highest BCUT2D eigenvalue weighted by Gasteiger charge is 2.17. The summed E-state index contributed by atoms with van der Waals surface area (Å²) in [4.78, 5) is 22.6. The molecule has 0 spiro atoms. The van der Waals surface area contributed by atoms with E-state index in [1.807, 2.05) is 31.2 Å². The van der Waals surface area contributed by atoms with E-state index in [0.717, 1.165) is 5.56 Å². The van der Waals surface area contributed by atoms with Crippen molar-refractivity contribution in [2.75, 3.05) is 17.7 Å². The third kappa shape index (κ3) is 4.89. The molecule has 1 heterocycles. The Bertz CT molecular complexity index is 1090. The number of hydrogen-bond donors (Lipinski definition) is 1. The van der Waals surface area contributed by atoms with Crippen molar-refractivity contribution in [2.24, 2.45) is 7.05 Å². The quantitative estimate of drug-likeness (QED) is 0.313. The number of para-hydroxylation sites is 1. The van der Waals surface area contributed by atoms with Crippen molar-refractivity contribution in [3.63, 3.8) is 0 Å². The first-order chi connectivity index (χ1) is 14.4. The van der Waals surface area contributed by atoms with E-state index in [9.17, 15) is 14.9 Å². The van der Waals surface area contributed by atoms with Crippen LogP contribution in [0.3, 0.4) is 0 Å². The first kappa shape index (κ1) is 21.6. The summed E-state index contributed by atoms with van der Waals surface area (Å²) in [5, 5.41) is 22.5. The fourth-order valence-corrected chi connectivity index (χ4v) is 3.56. The monoisotopic (exact) mass is 447 g/mol. The molecule has 0 unspecified atom stereocenters. The molecule has 156 valence electrons. The lowest BCUT2D eigenvalue weighted by molar-refractivity contribution is -0.384. The van der Waals surface area contributed by atoms with Gasteiger partial charge in [0.25, 0.3) is 5.69 Å². The number of rotatable bonds is 8. The maximum absolute atomic E-state index is 12.3. The van der Waals surface area contributed by atoms with Crippen molar-refractivity contribution in [3.8, 4) is 17.1 Å². The lowest BCUT2D eigenvalue weighted by Gasteiger charge is -2.09. The van der Waals surface area contributed by atoms with E-state index >= 15 is 0 Å². The standard InChI is InChI=1S/C19H18ClN5O4S/c1-3-29-16-7-5-4-6-13(16)18-22-23-19(24(18)2)30-11-17(26)21-12-8-9-14(20)15(10-12)25(27)28/h4-10H,3,11H2,1-2H3,(H,21,26). The van der Waals surface area contributed by atoms with E-state index in [4.69, 9.17) is 16.3 Å². The smallest absolute Gasteiger partial charge is 0.289 e. The van der Waals surface area contributed by atoms with Gasteiger partial charge in [-0.3, -0.25) is 14.9 Å². The first-order valence-corrected chi connectivity index (χ1v) is 10.2. The molecule has 0 aliphatic carbocycles. The van der Waals surface area contributed by atoms with Crippen molar-refractivity contribution in [2.45, 2.75) is 12.1 Å². The fourth-order valence-electron chi connectivity index (χ4n) is 2.67. The summed E-state index contributed by atoms with van der Waals surface area (Å²) in [7, 11) is 1.81. The molecule has 2 aromatic carbocycles. The molecule has 0 aliphatic rings. The van der Waals surface area contributed by atoms with Gasteiger partial charge in [0.1, 0.15) is 10.8 Å². The number of nitro groups is 1. The molecular formula is C19H18ClN5O4S. The summed E-state index contributed by atoms with van der Waals surface area (Å²) < 4.78 is 7.43. The Labute approximate surface area is 181 Å². The van der Waals surface area contributed by atoms with Crippen LogP contribution in [-0.4, -0.2) is 38.0 Å². The van der Waals surface area contributed by atoms with Crippen LogP contribution in [0.25, 0.3) is 11.4 Å². The Kier molecular flexibility index (Phi) is 6.91. The summed E-state index contributed by atoms with van der Waals surface area (Å²) in [5.41, 5.74) is 0.827. The minimum absolute atomic E-state index is 0.00585. The van der Waals surface area contributed by atoms with Gasteiger partial charge in [-0.1, -0.05) is 35.5 Å². The fraction of sp³-hybridized carbons (Fsp3) is 0.211. The van der Waals surface area contributed by atoms with Gasteiger partial charge >= 0.3 is 0 Å². The van der Waals surface area contributed by atoms with Gasteiger partial charge in [0.15, 0.2) is 11.0 Å². The summed E-state index contributed by atoms with van der Waals surface area (Å²) in [6.45, 7) is 2.43. The van der Waals surface area contributed by atoms with E-state index in [1.54, 1.807) is 11.6 Å². The molecule has 0 saturated heterocycles. The molecule has 11 heteroatoms. The lowest BCUT2D eigenvalue weighted by Crippen LogP contribution is -2.14. The normalized spacial score (nSPS) is 10.6. The van der Waals surface area contributed by atoms with Gasteiger partial charge in [0, 0.05) is 18.8 Å². The van der Waals surface area contributed by atoms with Crippen molar-refractivity contribution >= 4 is 40.6 Å². The third-order valence-electron chi connectivity index (χ3n) is 4.02. The van der Waals surface area contributed by atoms with Gasteiger partial charge in [-0.05, 0) is 31.2 Å². The van der Waals surface area contributed by atoms with Crippen LogP contribution in [0.5, 0.6) is 5.75 Å². The molecule has 1 amide bonds. The Hall–Kier alpha value is -3.11. The highest BCUT2D eigenvalue weighted by molar-refractivity contribution is 7.99. The maximum Gasteiger partial charge on any atom is 0.289 e. The second kappa shape index (κ2) is 9.59. The van der Waals surface area contributed by atoms with Gasteiger partial charge < -0.3 is 14.6 Å². The lowest BCUT2D eigenvalue weighted by atomic mass is 10.2. The van der Waals surface area contributed by atoms with Crippen LogP contribution in [0, 0.1) is 10.1 Å². The topological polar surface area (TPSA) is 112 Å². The highest BCUT2D eigenvalue weighted by atomic mass is 35.5. The second-order valence-electron chi connectivity index (χ2n) is 6.05. The molecule has 0 fully saturated rings. The maximum atomic E-state index is 12.3. The van der Waals surface area contributed by atoms with Crippen LogP contribution in [0.4, 0.5) is 11.4 Å². The molecule has 0 atom stereocenters. The molecule has 30 heavy (non-hydrogen) atoms. The van der Waals surface area contributed by atoms with Gasteiger partial charge in [-0.25, -0.2) is 0 Å². The number of nitrogens with one attached hydrogen (secondary N) is 1. The van der Waals surface area contributed by atoms with Crippen LogP contribution in [0.15, 0.2) is 47.6 Å². The first-order valence-electron chi connectivity index (χ1n) is 8.89. The molecule has 1 aromatic heterocycles. The third-order valence-corrected chi connectivity index (χ3v) is 5.36. The molecule has 3 rings (SSSR count). The van der Waals surface area contributed by atoms with Gasteiger partial charge in [0.05, 0.1) is 22.8 Å². The molecule has 1 N–H and O–H groups in total. The van der Waals surface area contributed by atoms with Crippen LogP contribution >= 0.6 is 23.4 Å². The van der Waals surface area contributed by atoms with E-state index in [2.05, 4.69) is 15.5 Å². The van der Waals surface area contributed by atoms with Crippen LogP contribution in [0.1, 0.15) is 6.92 Å². The van der Waals surface area contributed by atoms with Crippen molar-refractivity contribution in [3.05, 3.63) is 57.6 Å². The number of ether oxygens (including phenoxy) is 1. The molecule has 0 aliphatic heterocycles. The Balaban J connectivity index is 1.68. The molecule has 3 aromatic rings. The number of carbonyl (C=O) groups excluding carboxylic acids is 1. The summed E-state index contributed by atoms with van der Waals surface area (Å²) in [5.74, 6) is 1.04. The number of carbonyl (C=O) groups is 1. The van der Waals surface area contributed by atoms with Crippen LogP contribution < -0.4 is 10.1 Å². The predicted molar refractivity (Wildman–Crippen MR) is 115 cm³/mol. The molecule has 0 radical (unpaired) electrons. The van der Waals surface area contributed by atoms with E-state index in [-0.39, 0.29) is 22.4 Å². The van der Waals surface area contributed by atoms with Crippen molar-refractivity contribution in [1.82, 2.24) is 14.8 Å². The number of benzene rings is 2. The number of nitro benzene ring substituents is 1. The molecule has 0 bridgehead atoms. The number of halogens is 1. The molecule has 0 saturated carbocycles. The molecular weight excluding hydrogens is 430 g/mol. The van der Waals surface area contributed by atoms with Crippen molar-refractivity contribution < 1.29 is 14.5 Å². The zero-order valence-corrected chi connectivity index (χ0v) is 17.7. The number of hydrogen-bond acceptors (Lipinski definition) is 7. The van der Waals surface area contributed by atoms with E-state index < -0.39 is 4.92 Å². The SMILES string of the molecule is CCOc1ccccc1-c1nnc(SCC(=O)Nc2ccc(Cl)c([N+](=O)[O-])c2)n1C. The van der Waals surface area contributed by atoms with E-state index in [0.29, 0.717) is 29.0 Å². The largest absolute Gasteiger partial charge is 0.493 e. The minimum Gasteiger partial charge on any atom is -0.493 e. The zero-order chi connectivity index (χ0) is 21.7. The highest BCUT2D eigenvalue weighted by Crippen LogP contribution is 2.31. The van der Waals surface area contributed by atoms with Gasteiger partial charge in [-0.2, -0.15) is 0 Å². The summed E-state index contributed by atoms with van der Waals surface area (Å²) >= 11 is 6.98. The predicted octanol–water partition coefficient (Wildman–Crippen LogP) is 4.17. The number of thioether (sulfide) groups is 1. The minimum atomic E-state index is -0.603. The Morgan fingerprint density at radius 1 is 1.30 bits per heavy atom. The number of aromatic nitrogens is 3. The van der Waals surface area contributed by atoms with Crippen molar-refractivity contribution in [1.29, 1.82) is 0 Å². The molecule has 9 nitrogen and oxygen atoms in total.